The molecule has 2 fully saturated rings. The lowest BCUT2D eigenvalue weighted by Crippen LogP contribution is -2.41. The number of likely N-dealkylation sites (tertiary alicyclic amines) is 1. The normalized spacial score (nSPS) is 20.6. The van der Waals surface area contributed by atoms with Crippen LogP contribution in [-0.2, 0) is 13.5 Å². The number of hydrogen-bond acceptors (Lipinski definition) is 3. The average molecular weight is 384 g/mol. The number of nitrogens with zero attached hydrogens (tertiary/aromatic N) is 3. The molecular weight excluding hydrogens is 350 g/mol. The zero-order valence-electron chi connectivity index (χ0n) is 17.3. The Labute approximate surface area is 168 Å². The Morgan fingerprint density at radius 3 is 2.57 bits per heavy atom. The summed E-state index contributed by atoms with van der Waals surface area (Å²) in [5.41, 5.74) is 2.24. The molecule has 4 rings (SSSR count). The molecule has 2 aliphatic carbocycles. The van der Waals surface area contributed by atoms with Gasteiger partial charge in [-0.2, -0.15) is 0 Å². The van der Waals surface area contributed by atoms with E-state index in [1.54, 1.807) is 17.8 Å². The first-order chi connectivity index (χ1) is 13.5. The van der Waals surface area contributed by atoms with Crippen LogP contribution in [0.2, 0.25) is 0 Å². The van der Waals surface area contributed by atoms with E-state index in [-0.39, 0.29) is 11.5 Å². The van der Waals surface area contributed by atoms with Crippen LogP contribution in [0.4, 0.5) is 0 Å². The molecule has 1 amide bonds. The Hall–Kier alpha value is -1.88. The van der Waals surface area contributed by atoms with Crippen molar-refractivity contribution in [2.24, 2.45) is 18.9 Å². The van der Waals surface area contributed by atoms with Gasteiger partial charge >= 0.3 is 0 Å². The highest BCUT2D eigenvalue weighted by atomic mass is 16.2. The molecule has 0 radical (unpaired) electrons. The first-order valence-corrected chi connectivity index (χ1v) is 10.9. The maximum atomic E-state index is 13.1. The minimum absolute atomic E-state index is 0.00818. The molecule has 1 saturated heterocycles. The molecule has 0 unspecified atom stereocenters. The Bertz CT molecular complexity index is 812. The van der Waals surface area contributed by atoms with E-state index >= 15 is 0 Å². The molecule has 0 atom stereocenters. The summed E-state index contributed by atoms with van der Waals surface area (Å²) in [5.74, 6) is 1.53. The summed E-state index contributed by atoms with van der Waals surface area (Å²) in [5, 5.41) is 0. The minimum Gasteiger partial charge on any atom is -0.341 e. The standard InChI is InChI=1S/C23H33N3O2/c1-24(14-18-10-12-26(13-11-18)15-17-6-3-4-7-17)23(28)21-16-25(2)22(27)20-9-5-8-19(20)21/h5,8,16-18H,3-4,6-7,9-15H2,1-2H3. The Balaban J connectivity index is 1.34. The van der Waals surface area contributed by atoms with Crippen molar-refractivity contribution in [1.29, 1.82) is 0 Å². The number of aryl methyl sites for hydroxylation is 1. The smallest absolute Gasteiger partial charge is 0.255 e. The predicted molar refractivity (Wildman–Crippen MR) is 113 cm³/mol. The number of amides is 1. The maximum Gasteiger partial charge on any atom is 0.255 e. The highest BCUT2D eigenvalue weighted by Gasteiger charge is 2.27. The molecular formula is C23H33N3O2. The van der Waals surface area contributed by atoms with Crippen molar-refractivity contribution in [3.8, 4) is 0 Å². The van der Waals surface area contributed by atoms with E-state index in [0.717, 1.165) is 23.6 Å². The van der Waals surface area contributed by atoms with Gasteiger partial charge < -0.3 is 14.4 Å². The number of pyridine rings is 1. The van der Waals surface area contributed by atoms with E-state index in [2.05, 4.69) is 4.90 Å². The van der Waals surface area contributed by atoms with Gasteiger partial charge in [-0.3, -0.25) is 9.59 Å². The van der Waals surface area contributed by atoms with E-state index in [0.29, 0.717) is 17.9 Å². The molecule has 0 bridgehead atoms. The fraction of sp³-hybridized carbons (Fsp3) is 0.652. The van der Waals surface area contributed by atoms with Crippen molar-refractivity contribution < 1.29 is 4.79 Å². The van der Waals surface area contributed by atoms with Crippen LogP contribution in [0.5, 0.6) is 0 Å². The third-order valence-corrected chi connectivity index (χ3v) is 6.93. The number of carbonyl (C=O) groups is 1. The van der Waals surface area contributed by atoms with Crippen LogP contribution in [0.3, 0.4) is 0 Å². The second-order valence-electron chi connectivity index (χ2n) is 9.04. The Kier molecular flexibility index (Phi) is 5.72. The van der Waals surface area contributed by atoms with Crippen molar-refractivity contribution >= 4 is 12.0 Å². The molecule has 5 nitrogen and oxygen atoms in total. The van der Waals surface area contributed by atoms with Crippen molar-refractivity contribution in [2.75, 3.05) is 33.2 Å². The summed E-state index contributed by atoms with van der Waals surface area (Å²) in [6.07, 6.45) is 14.3. The lowest BCUT2D eigenvalue weighted by Gasteiger charge is -2.35. The number of piperidine rings is 1. The lowest BCUT2D eigenvalue weighted by molar-refractivity contribution is 0.0733. The van der Waals surface area contributed by atoms with Gasteiger partial charge in [0.2, 0.25) is 0 Å². The summed E-state index contributed by atoms with van der Waals surface area (Å²) < 4.78 is 1.55. The molecule has 1 aliphatic heterocycles. The number of fused-ring (bicyclic) bond motifs is 1. The van der Waals surface area contributed by atoms with Crippen LogP contribution in [0.1, 0.15) is 60.0 Å². The molecule has 3 aliphatic rings. The number of hydrogen-bond donors (Lipinski definition) is 0. The highest BCUT2D eigenvalue weighted by molar-refractivity contribution is 5.98. The molecule has 28 heavy (non-hydrogen) atoms. The summed E-state index contributed by atoms with van der Waals surface area (Å²) in [6.45, 7) is 4.41. The first-order valence-electron chi connectivity index (χ1n) is 10.9. The molecule has 0 spiro atoms. The van der Waals surface area contributed by atoms with Crippen LogP contribution >= 0.6 is 0 Å². The summed E-state index contributed by atoms with van der Waals surface area (Å²) in [7, 11) is 3.64. The highest BCUT2D eigenvalue weighted by Crippen LogP contribution is 2.28. The Morgan fingerprint density at radius 2 is 1.86 bits per heavy atom. The molecule has 1 aromatic rings. The Morgan fingerprint density at radius 1 is 1.14 bits per heavy atom. The van der Waals surface area contributed by atoms with Crippen LogP contribution in [0.25, 0.3) is 6.08 Å². The third kappa shape index (κ3) is 3.95. The third-order valence-electron chi connectivity index (χ3n) is 6.93. The van der Waals surface area contributed by atoms with Crippen LogP contribution in [0.15, 0.2) is 17.1 Å². The van der Waals surface area contributed by atoms with Crippen molar-refractivity contribution in [1.82, 2.24) is 14.4 Å². The second kappa shape index (κ2) is 8.24. The van der Waals surface area contributed by atoms with Crippen molar-refractivity contribution in [2.45, 2.75) is 44.9 Å². The number of aromatic nitrogens is 1. The van der Waals surface area contributed by atoms with E-state index in [4.69, 9.17) is 0 Å². The van der Waals surface area contributed by atoms with E-state index < -0.39 is 0 Å². The van der Waals surface area contributed by atoms with Crippen molar-refractivity contribution in [3.05, 3.63) is 39.3 Å². The SMILES string of the molecule is CN(CC1CCN(CC2CCCC2)CC1)C(=O)c1cn(C)c(=O)c2c1C=CC2. The van der Waals surface area contributed by atoms with Gasteiger partial charge in [0.05, 0.1) is 5.56 Å². The van der Waals surface area contributed by atoms with E-state index in [1.165, 1.54) is 58.2 Å². The number of carbonyl (C=O) groups excluding carboxylic acids is 1. The van der Waals surface area contributed by atoms with Gasteiger partial charge in [0, 0.05) is 38.9 Å². The fourth-order valence-electron chi connectivity index (χ4n) is 5.25. The van der Waals surface area contributed by atoms with Gasteiger partial charge in [0.1, 0.15) is 0 Å². The first kappa shape index (κ1) is 19.4. The van der Waals surface area contributed by atoms with Crippen LogP contribution in [-0.4, -0.2) is 53.5 Å². The van der Waals surface area contributed by atoms with Gasteiger partial charge in [0.25, 0.3) is 11.5 Å². The molecule has 5 heteroatoms. The predicted octanol–water partition coefficient (Wildman–Crippen LogP) is 2.93. The molecule has 1 aromatic heterocycles. The number of rotatable bonds is 5. The fourth-order valence-corrected chi connectivity index (χ4v) is 5.25. The minimum atomic E-state index is 0.00818. The summed E-state index contributed by atoms with van der Waals surface area (Å²) in [4.78, 5) is 29.9. The molecule has 152 valence electrons. The zero-order valence-corrected chi connectivity index (χ0v) is 17.3. The summed E-state index contributed by atoms with van der Waals surface area (Å²) >= 11 is 0. The lowest BCUT2D eigenvalue weighted by atomic mass is 9.94. The summed E-state index contributed by atoms with van der Waals surface area (Å²) in [6, 6.07) is 0. The van der Waals surface area contributed by atoms with Gasteiger partial charge in [-0.05, 0) is 62.6 Å². The van der Waals surface area contributed by atoms with Crippen molar-refractivity contribution in [3.63, 3.8) is 0 Å². The largest absolute Gasteiger partial charge is 0.341 e. The molecule has 2 heterocycles. The van der Waals surface area contributed by atoms with Gasteiger partial charge in [-0.1, -0.05) is 25.0 Å². The van der Waals surface area contributed by atoms with Gasteiger partial charge in [0.15, 0.2) is 0 Å². The van der Waals surface area contributed by atoms with Gasteiger partial charge in [-0.25, -0.2) is 0 Å². The quantitative estimate of drug-likeness (QED) is 0.785. The van der Waals surface area contributed by atoms with E-state index in [9.17, 15) is 9.59 Å². The monoisotopic (exact) mass is 383 g/mol. The molecule has 1 saturated carbocycles. The van der Waals surface area contributed by atoms with Gasteiger partial charge in [-0.15, -0.1) is 0 Å². The molecule has 0 N–H and O–H groups in total. The van der Waals surface area contributed by atoms with Crippen LogP contribution in [0, 0.1) is 11.8 Å². The van der Waals surface area contributed by atoms with E-state index in [1.807, 2.05) is 24.1 Å². The molecule has 0 aromatic carbocycles. The number of allylic oxidation sites excluding steroid dienone is 1. The van der Waals surface area contributed by atoms with Crippen LogP contribution < -0.4 is 5.56 Å². The topological polar surface area (TPSA) is 45.5 Å². The second-order valence-corrected chi connectivity index (χ2v) is 9.04. The average Bonchev–Trinajstić information content (AvgIpc) is 3.38. The maximum absolute atomic E-state index is 13.1. The zero-order chi connectivity index (χ0) is 19.7.